The van der Waals surface area contributed by atoms with Gasteiger partial charge in [0.05, 0.1) is 20.8 Å². The summed E-state index contributed by atoms with van der Waals surface area (Å²) in [4.78, 5) is 4.31. The van der Waals surface area contributed by atoms with Crippen LogP contribution in [0.15, 0.2) is 41.4 Å². The Morgan fingerprint density at radius 2 is 2.00 bits per heavy atom. The summed E-state index contributed by atoms with van der Waals surface area (Å²) in [6.45, 7) is 0.122. The van der Waals surface area contributed by atoms with Crippen molar-refractivity contribution in [3.05, 3.63) is 53.1 Å². The van der Waals surface area contributed by atoms with Gasteiger partial charge in [0.1, 0.15) is 17.6 Å². The van der Waals surface area contributed by atoms with Crippen LogP contribution in [0.3, 0.4) is 0 Å². The van der Waals surface area contributed by atoms with Crippen LogP contribution in [0.4, 0.5) is 5.69 Å². The quantitative estimate of drug-likeness (QED) is 0.538. The van der Waals surface area contributed by atoms with Gasteiger partial charge in [-0.05, 0) is 61.1 Å². The van der Waals surface area contributed by atoms with Crippen molar-refractivity contribution in [1.82, 2.24) is 0 Å². The fraction of sp³-hybridized carbons (Fsp3) is 0.381. The number of fused-ring (bicyclic) bond motifs is 1. The molecule has 0 bridgehead atoms. The van der Waals surface area contributed by atoms with E-state index in [0.717, 1.165) is 18.5 Å². The monoisotopic (exact) mass is 369 g/mol. The number of hydrogen-bond acceptors (Lipinski definition) is 4. The number of nitrogens with two attached hydrogens (primary N) is 1. The normalized spacial score (nSPS) is 15.0. The van der Waals surface area contributed by atoms with Crippen LogP contribution in [0.25, 0.3) is 0 Å². The maximum absolute atomic E-state index is 10.5. The van der Waals surface area contributed by atoms with Crippen molar-refractivity contribution in [1.29, 1.82) is 0 Å². The number of methoxy groups -OCH3 is 2. The molecule has 0 saturated carbocycles. The number of aliphatic imine (C=N–C) groups is 1. The third kappa shape index (κ3) is 4.52. The van der Waals surface area contributed by atoms with E-state index < -0.39 is 6.10 Å². The lowest BCUT2D eigenvalue weighted by atomic mass is 9.90. The van der Waals surface area contributed by atoms with Crippen molar-refractivity contribution in [3.63, 3.8) is 0 Å². The van der Waals surface area contributed by atoms with Gasteiger partial charge in [0.25, 0.3) is 0 Å². The Labute approximate surface area is 160 Å². The Kier molecular flexibility index (Phi) is 6.19. The van der Waals surface area contributed by atoms with Crippen LogP contribution in [-0.4, -0.2) is 31.8 Å². The first-order valence-electron chi connectivity index (χ1n) is 9.20. The number of aryl methyl sites for hydroxylation is 1. The molecule has 0 aliphatic heterocycles. The SMILES string of the molecule is COc1ccc(OC)c(C(O)CN=C(N)Nc2cccc3c2CCCC3)c1. The standard InChI is InChI=1S/C21H27N3O3/c1-26-15-10-11-20(27-2)17(12-15)19(25)13-23-21(22)24-18-9-5-7-14-6-3-4-8-16(14)18/h5,7,9-12,19,25H,3-4,6,8,13H2,1-2H3,(H3,22,23,24). The molecule has 6 heteroatoms. The molecule has 0 aromatic heterocycles. The predicted molar refractivity (Wildman–Crippen MR) is 108 cm³/mol. The van der Waals surface area contributed by atoms with Crippen molar-refractivity contribution < 1.29 is 14.6 Å². The van der Waals surface area contributed by atoms with Crippen LogP contribution in [0.5, 0.6) is 11.5 Å². The summed E-state index contributed by atoms with van der Waals surface area (Å²) in [6.07, 6.45) is 3.73. The lowest BCUT2D eigenvalue weighted by Gasteiger charge is -2.20. The Hall–Kier alpha value is -2.73. The van der Waals surface area contributed by atoms with E-state index in [1.54, 1.807) is 32.4 Å². The largest absolute Gasteiger partial charge is 0.497 e. The van der Waals surface area contributed by atoms with Crippen molar-refractivity contribution >= 4 is 11.6 Å². The van der Waals surface area contributed by atoms with Gasteiger partial charge < -0.3 is 25.6 Å². The minimum Gasteiger partial charge on any atom is -0.497 e. The zero-order valence-electron chi connectivity index (χ0n) is 15.9. The average Bonchev–Trinajstić information content (AvgIpc) is 2.71. The number of nitrogens with one attached hydrogen (secondary N) is 1. The van der Waals surface area contributed by atoms with Crippen LogP contribution in [-0.2, 0) is 12.8 Å². The summed E-state index contributed by atoms with van der Waals surface area (Å²) in [5, 5.41) is 13.7. The lowest BCUT2D eigenvalue weighted by Crippen LogP contribution is -2.25. The van der Waals surface area contributed by atoms with Gasteiger partial charge in [0.15, 0.2) is 5.96 Å². The van der Waals surface area contributed by atoms with Gasteiger partial charge in [0.2, 0.25) is 0 Å². The highest BCUT2D eigenvalue weighted by Crippen LogP contribution is 2.30. The highest BCUT2D eigenvalue weighted by atomic mass is 16.5. The molecule has 0 radical (unpaired) electrons. The molecule has 3 rings (SSSR count). The van der Waals surface area contributed by atoms with Gasteiger partial charge in [-0.25, -0.2) is 0 Å². The summed E-state index contributed by atoms with van der Waals surface area (Å²) in [6, 6.07) is 11.5. The topological polar surface area (TPSA) is 89.1 Å². The van der Waals surface area contributed by atoms with Crippen molar-refractivity contribution in [2.24, 2.45) is 10.7 Å². The third-order valence-corrected chi connectivity index (χ3v) is 4.89. The van der Waals surface area contributed by atoms with Crippen LogP contribution >= 0.6 is 0 Å². The average molecular weight is 369 g/mol. The molecule has 0 amide bonds. The number of benzene rings is 2. The maximum atomic E-state index is 10.5. The number of ether oxygens (including phenoxy) is 2. The number of aliphatic hydroxyl groups is 1. The summed E-state index contributed by atoms with van der Waals surface area (Å²) < 4.78 is 10.5. The highest BCUT2D eigenvalue weighted by Gasteiger charge is 2.16. The van der Waals surface area contributed by atoms with E-state index in [-0.39, 0.29) is 12.5 Å². The number of anilines is 1. The van der Waals surface area contributed by atoms with Gasteiger partial charge in [-0.3, -0.25) is 4.99 Å². The molecule has 2 aromatic carbocycles. The lowest BCUT2D eigenvalue weighted by molar-refractivity contribution is 0.182. The molecule has 1 unspecified atom stereocenters. The molecular formula is C21H27N3O3. The number of aliphatic hydroxyl groups excluding tert-OH is 1. The van der Waals surface area contributed by atoms with Crippen LogP contribution in [0.2, 0.25) is 0 Å². The van der Waals surface area contributed by atoms with Gasteiger partial charge >= 0.3 is 0 Å². The first-order chi connectivity index (χ1) is 13.1. The Balaban J connectivity index is 1.71. The smallest absolute Gasteiger partial charge is 0.193 e. The Morgan fingerprint density at radius 1 is 1.19 bits per heavy atom. The van der Waals surface area contributed by atoms with E-state index in [4.69, 9.17) is 15.2 Å². The van der Waals surface area contributed by atoms with Gasteiger partial charge in [-0.1, -0.05) is 12.1 Å². The molecule has 4 N–H and O–H groups in total. The van der Waals surface area contributed by atoms with E-state index in [2.05, 4.69) is 16.4 Å². The van der Waals surface area contributed by atoms with Crippen LogP contribution in [0.1, 0.15) is 35.6 Å². The summed E-state index contributed by atoms with van der Waals surface area (Å²) in [5.74, 6) is 1.52. The number of nitrogens with zero attached hydrogens (tertiary/aromatic N) is 1. The highest BCUT2D eigenvalue weighted by molar-refractivity contribution is 5.93. The Morgan fingerprint density at radius 3 is 2.78 bits per heavy atom. The molecule has 1 aliphatic carbocycles. The molecule has 0 spiro atoms. The molecule has 144 valence electrons. The van der Waals surface area contributed by atoms with Crippen molar-refractivity contribution in [2.75, 3.05) is 26.1 Å². The van der Waals surface area contributed by atoms with Gasteiger partial charge in [0, 0.05) is 11.3 Å². The molecule has 0 saturated heterocycles. The van der Waals surface area contributed by atoms with Crippen molar-refractivity contribution in [3.8, 4) is 11.5 Å². The molecule has 27 heavy (non-hydrogen) atoms. The van der Waals surface area contributed by atoms with Crippen LogP contribution < -0.4 is 20.5 Å². The fourth-order valence-electron chi connectivity index (χ4n) is 3.46. The van der Waals surface area contributed by atoms with E-state index >= 15 is 0 Å². The van der Waals surface area contributed by atoms with E-state index in [9.17, 15) is 5.11 Å². The molecule has 1 atom stereocenters. The number of rotatable bonds is 6. The van der Waals surface area contributed by atoms with Gasteiger partial charge in [-0.2, -0.15) is 0 Å². The van der Waals surface area contributed by atoms with Gasteiger partial charge in [-0.15, -0.1) is 0 Å². The second-order valence-corrected chi connectivity index (χ2v) is 6.62. The molecule has 0 fully saturated rings. The van der Waals surface area contributed by atoms with E-state index in [1.165, 1.54) is 24.0 Å². The minimum atomic E-state index is -0.847. The summed E-state index contributed by atoms with van der Waals surface area (Å²) in [7, 11) is 3.15. The number of hydrogen-bond donors (Lipinski definition) is 3. The van der Waals surface area contributed by atoms with Crippen LogP contribution in [0, 0.1) is 0 Å². The molecule has 1 aliphatic rings. The van der Waals surface area contributed by atoms with E-state index in [1.807, 2.05) is 12.1 Å². The number of guanidine groups is 1. The minimum absolute atomic E-state index is 0.122. The first-order valence-corrected chi connectivity index (χ1v) is 9.20. The zero-order chi connectivity index (χ0) is 19.2. The second-order valence-electron chi connectivity index (χ2n) is 6.62. The molecular weight excluding hydrogens is 342 g/mol. The second kappa shape index (κ2) is 8.77. The predicted octanol–water partition coefficient (Wildman–Crippen LogP) is 3.04. The fourth-order valence-corrected chi connectivity index (χ4v) is 3.46. The van der Waals surface area contributed by atoms with Crippen molar-refractivity contribution in [2.45, 2.75) is 31.8 Å². The summed E-state index contributed by atoms with van der Waals surface area (Å²) >= 11 is 0. The third-order valence-electron chi connectivity index (χ3n) is 4.89. The summed E-state index contributed by atoms with van der Waals surface area (Å²) in [5.41, 5.74) is 10.4. The molecule has 6 nitrogen and oxygen atoms in total. The maximum Gasteiger partial charge on any atom is 0.193 e. The molecule has 0 heterocycles. The molecule has 2 aromatic rings. The Bertz CT molecular complexity index is 820. The first kappa shape index (κ1) is 19.0. The zero-order valence-corrected chi connectivity index (χ0v) is 15.9. The van der Waals surface area contributed by atoms with E-state index in [0.29, 0.717) is 17.1 Å².